The zero-order chi connectivity index (χ0) is 19.0. The van der Waals surface area contributed by atoms with Gasteiger partial charge in [0.25, 0.3) is 0 Å². The van der Waals surface area contributed by atoms with E-state index in [0.29, 0.717) is 26.2 Å². The zero-order valence-electron chi connectivity index (χ0n) is 15.7. The van der Waals surface area contributed by atoms with Gasteiger partial charge < -0.3 is 10.1 Å². The second kappa shape index (κ2) is 9.92. The van der Waals surface area contributed by atoms with E-state index < -0.39 is 10.0 Å². The smallest absolute Gasteiger partial charge is 0.224 e. The lowest BCUT2D eigenvalue weighted by Crippen LogP contribution is -2.46. The second-order valence-electron chi connectivity index (χ2n) is 6.57. The number of aryl methyl sites for hydroxylation is 1. The molecule has 1 aliphatic rings. The fourth-order valence-corrected chi connectivity index (χ4v) is 4.34. The fourth-order valence-electron chi connectivity index (χ4n) is 3.16. The van der Waals surface area contributed by atoms with E-state index in [1.54, 1.807) is 6.92 Å². The quantitative estimate of drug-likeness (QED) is 0.665. The third-order valence-electron chi connectivity index (χ3n) is 4.69. The van der Waals surface area contributed by atoms with Crippen LogP contribution in [-0.2, 0) is 21.2 Å². The highest BCUT2D eigenvalue weighted by Crippen LogP contribution is 2.19. The molecule has 146 valence electrons. The van der Waals surface area contributed by atoms with Crippen molar-refractivity contribution in [2.24, 2.45) is 5.92 Å². The normalized spacial score (nSPS) is 18.5. The van der Waals surface area contributed by atoms with Crippen LogP contribution in [-0.4, -0.2) is 50.6 Å². The topological polar surface area (TPSA) is 75.7 Å². The number of benzene rings is 1. The van der Waals surface area contributed by atoms with Crippen molar-refractivity contribution in [3.05, 3.63) is 29.8 Å². The van der Waals surface area contributed by atoms with Gasteiger partial charge in [0.15, 0.2) is 0 Å². The Hall–Kier alpha value is -1.60. The minimum Gasteiger partial charge on any atom is -0.494 e. The summed E-state index contributed by atoms with van der Waals surface area (Å²) < 4.78 is 30.9. The molecular weight excluding hydrogens is 352 g/mol. The number of ether oxygens (including phenoxy) is 1. The monoisotopic (exact) mass is 382 g/mol. The van der Waals surface area contributed by atoms with Crippen LogP contribution in [0.4, 0.5) is 0 Å². The van der Waals surface area contributed by atoms with E-state index in [4.69, 9.17) is 4.74 Å². The van der Waals surface area contributed by atoms with E-state index in [1.807, 2.05) is 31.2 Å². The zero-order valence-corrected chi connectivity index (χ0v) is 16.6. The van der Waals surface area contributed by atoms with Gasteiger partial charge in [-0.3, -0.25) is 4.79 Å². The number of nitrogens with one attached hydrogen (secondary N) is 1. The first-order valence-corrected chi connectivity index (χ1v) is 11.0. The van der Waals surface area contributed by atoms with Crippen LogP contribution < -0.4 is 10.1 Å². The number of carbonyl (C=O) groups is 1. The average Bonchev–Trinajstić information content (AvgIpc) is 2.66. The molecular formula is C19H30N2O4S. The Labute approximate surface area is 157 Å². The number of sulfonamides is 1. The Kier molecular flexibility index (Phi) is 7.90. The van der Waals surface area contributed by atoms with E-state index in [2.05, 4.69) is 5.32 Å². The number of hydrogen-bond donors (Lipinski definition) is 1. The highest BCUT2D eigenvalue weighted by molar-refractivity contribution is 7.89. The van der Waals surface area contributed by atoms with Gasteiger partial charge in [-0.05, 0) is 57.2 Å². The predicted octanol–water partition coefficient (Wildman–Crippen LogP) is 2.20. The maximum absolute atomic E-state index is 12.3. The first-order chi connectivity index (χ1) is 12.5. The second-order valence-corrected chi connectivity index (χ2v) is 8.83. The molecule has 0 bridgehead atoms. The molecule has 0 aliphatic carbocycles. The molecule has 1 aromatic carbocycles. The molecule has 1 aromatic rings. The van der Waals surface area contributed by atoms with Crippen molar-refractivity contribution in [2.45, 2.75) is 39.5 Å². The summed E-state index contributed by atoms with van der Waals surface area (Å²) in [7, 11) is -3.21. The Balaban J connectivity index is 1.73. The summed E-state index contributed by atoms with van der Waals surface area (Å²) in [4.78, 5) is 12.3. The highest BCUT2D eigenvalue weighted by Gasteiger charge is 2.31. The van der Waals surface area contributed by atoms with Crippen LogP contribution in [0.3, 0.4) is 0 Å². The Morgan fingerprint density at radius 3 is 2.65 bits per heavy atom. The van der Waals surface area contributed by atoms with Gasteiger partial charge in [-0.2, -0.15) is 0 Å². The van der Waals surface area contributed by atoms with Crippen LogP contribution in [0.15, 0.2) is 24.3 Å². The van der Waals surface area contributed by atoms with Crippen LogP contribution in [0, 0.1) is 5.92 Å². The van der Waals surface area contributed by atoms with Crippen molar-refractivity contribution in [2.75, 3.05) is 32.0 Å². The molecule has 1 atom stereocenters. The molecule has 6 nitrogen and oxygen atoms in total. The maximum atomic E-state index is 12.3. The standard InChI is InChI=1S/C19H30N2O4S/c1-3-25-18-11-9-16(10-12-18)7-5-13-20-19(22)17-8-6-14-21(15-17)26(23,24)4-2/h9-12,17H,3-8,13-15H2,1-2H3,(H,20,22). The third kappa shape index (κ3) is 5.99. The maximum Gasteiger partial charge on any atom is 0.224 e. The van der Waals surface area contributed by atoms with Crippen molar-refractivity contribution in [1.82, 2.24) is 9.62 Å². The Morgan fingerprint density at radius 1 is 1.27 bits per heavy atom. The molecule has 1 saturated heterocycles. The fraction of sp³-hybridized carbons (Fsp3) is 0.632. The number of carbonyl (C=O) groups excluding carboxylic acids is 1. The highest BCUT2D eigenvalue weighted by atomic mass is 32.2. The Bertz CT molecular complexity index is 673. The molecule has 7 heteroatoms. The molecule has 1 aliphatic heterocycles. The van der Waals surface area contributed by atoms with Gasteiger partial charge in [-0.15, -0.1) is 0 Å². The van der Waals surface area contributed by atoms with Crippen LogP contribution in [0.25, 0.3) is 0 Å². The van der Waals surface area contributed by atoms with E-state index in [1.165, 1.54) is 9.87 Å². The number of nitrogens with zero attached hydrogens (tertiary/aromatic N) is 1. The summed E-state index contributed by atoms with van der Waals surface area (Å²) in [5.41, 5.74) is 1.21. The van der Waals surface area contributed by atoms with Gasteiger partial charge in [-0.25, -0.2) is 12.7 Å². The van der Waals surface area contributed by atoms with Gasteiger partial charge in [0.05, 0.1) is 18.3 Å². The minimum absolute atomic E-state index is 0.0345. The van der Waals surface area contributed by atoms with E-state index in [0.717, 1.165) is 31.4 Å². The van der Waals surface area contributed by atoms with Gasteiger partial charge in [0, 0.05) is 19.6 Å². The molecule has 0 spiro atoms. The Morgan fingerprint density at radius 2 is 2.00 bits per heavy atom. The summed E-state index contributed by atoms with van der Waals surface area (Å²) in [6.07, 6.45) is 3.22. The molecule has 1 amide bonds. The third-order valence-corrected chi connectivity index (χ3v) is 6.54. The van der Waals surface area contributed by atoms with E-state index >= 15 is 0 Å². The predicted molar refractivity (Wildman–Crippen MR) is 103 cm³/mol. The number of hydrogen-bond acceptors (Lipinski definition) is 4. The molecule has 0 saturated carbocycles. The molecule has 26 heavy (non-hydrogen) atoms. The first kappa shape index (κ1) is 20.7. The molecule has 1 fully saturated rings. The molecule has 0 aromatic heterocycles. The van der Waals surface area contributed by atoms with Crippen LogP contribution in [0.1, 0.15) is 38.7 Å². The SMILES string of the molecule is CCOc1ccc(CCCNC(=O)C2CCCN(S(=O)(=O)CC)C2)cc1. The number of amides is 1. The van der Waals surface area contributed by atoms with Gasteiger partial charge >= 0.3 is 0 Å². The van der Waals surface area contributed by atoms with Gasteiger partial charge in [-0.1, -0.05) is 12.1 Å². The largest absolute Gasteiger partial charge is 0.494 e. The summed E-state index contributed by atoms with van der Waals surface area (Å²) >= 11 is 0. The number of piperidine rings is 1. The van der Waals surface area contributed by atoms with E-state index in [9.17, 15) is 13.2 Å². The van der Waals surface area contributed by atoms with Gasteiger partial charge in [0.1, 0.15) is 5.75 Å². The van der Waals surface area contributed by atoms with Crippen LogP contribution in [0.2, 0.25) is 0 Å². The summed E-state index contributed by atoms with van der Waals surface area (Å²) in [6, 6.07) is 8.01. The van der Waals surface area contributed by atoms with Crippen molar-refractivity contribution in [3.8, 4) is 5.75 Å². The van der Waals surface area contributed by atoms with Gasteiger partial charge in [0.2, 0.25) is 15.9 Å². The van der Waals surface area contributed by atoms with E-state index in [-0.39, 0.29) is 17.6 Å². The summed E-state index contributed by atoms with van der Waals surface area (Å²) in [5, 5.41) is 2.96. The summed E-state index contributed by atoms with van der Waals surface area (Å²) in [5.74, 6) is 0.681. The minimum atomic E-state index is -3.21. The molecule has 1 heterocycles. The summed E-state index contributed by atoms with van der Waals surface area (Å²) in [6.45, 7) is 5.69. The first-order valence-electron chi connectivity index (χ1n) is 9.43. The van der Waals surface area contributed by atoms with Crippen molar-refractivity contribution < 1.29 is 17.9 Å². The average molecular weight is 383 g/mol. The molecule has 1 unspecified atom stereocenters. The molecule has 1 N–H and O–H groups in total. The van der Waals surface area contributed by atoms with Crippen molar-refractivity contribution in [3.63, 3.8) is 0 Å². The molecule has 2 rings (SSSR count). The van der Waals surface area contributed by atoms with Crippen LogP contribution in [0.5, 0.6) is 5.75 Å². The van der Waals surface area contributed by atoms with Crippen LogP contribution >= 0.6 is 0 Å². The number of rotatable bonds is 9. The lowest BCUT2D eigenvalue weighted by atomic mass is 9.99. The van der Waals surface area contributed by atoms with Crippen molar-refractivity contribution >= 4 is 15.9 Å². The molecule has 0 radical (unpaired) electrons. The lowest BCUT2D eigenvalue weighted by molar-refractivity contribution is -0.126. The lowest BCUT2D eigenvalue weighted by Gasteiger charge is -2.30. The van der Waals surface area contributed by atoms with Crippen molar-refractivity contribution in [1.29, 1.82) is 0 Å².